The van der Waals surface area contributed by atoms with Crippen LogP contribution in [0.4, 0.5) is 0 Å². The summed E-state index contributed by atoms with van der Waals surface area (Å²) in [6.07, 6.45) is -0.705. The van der Waals surface area contributed by atoms with Crippen LogP contribution in [0.5, 0.6) is 0 Å². The number of carbonyl (C=O) groups is 2. The van der Waals surface area contributed by atoms with Gasteiger partial charge in [-0.05, 0) is 38.3 Å². The minimum atomic E-state index is -1.39. The first-order chi connectivity index (χ1) is 15.8. The van der Waals surface area contributed by atoms with Crippen LogP contribution in [-0.4, -0.2) is 53.5 Å². The summed E-state index contributed by atoms with van der Waals surface area (Å²) in [4.78, 5) is 27.7. The molecule has 1 unspecified atom stereocenters. The predicted octanol–water partition coefficient (Wildman–Crippen LogP) is 3.86. The molecular weight excluding hydrogens is 422 g/mol. The molecule has 1 aliphatic rings. The van der Waals surface area contributed by atoms with Gasteiger partial charge in [0, 0.05) is 19.7 Å². The second-order valence-corrected chi connectivity index (χ2v) is 8.62. The van der Waals surface area contributed by atoms with Crippen molar-refractivity contribution in [3.05, 3.63) is 71.8 Å². The highest BCUT2D eigenvalue weighted by Crippen LogP contribution is 2.39. The second-order valence-electron chi connectivity index (χ2n) is 8.62. The monoisotopic (exact) mass is 455 g/mol. The lowest BCUT2D eigenvalue weighted by Gasteiger charge is -2.47. The molecule has 0 amide bonds. The van der Waals surface area contributed by atoms with Crippen LogP contribution in [0, 0.1) is 5.41 Å². The van der Waals surface area contributed by atoms with Crippen molar-refractivity contribution in [1.82, 2.24) is 4.90 Å². The molecule has 1 N–H and O–H groups in total. The van der Waals surface area contributed by atoms with Crippen molar-refractivity contribution in [3.63, 3.8) is 0 Å². The molecule has 178 valence electrons. The van der Waals surface area contributed by atoms with Crippen molar-refractivity contribution in [3.8, 4) is 0 Å². The SMILES string of the molecule is CCOC(C)O[C@H]1CN(Cc2ccccc2)[C@H](C(=O)OCc2ccccc2)[C@@](C)(C(=O)O)C1. The zero-order chi connectivity index (χ0) is 23.8. The largest absolute Gasteiger partial charge is 0.481 e. The Bertz CT molecular complexity index is 906. The van der Waals surface area contributed by atoms with Crippen molar-refractivity contribution in [1.29, 1.82) is 0 Å². The van der Waals surface area contributed by atoms with E-state index in [9.17, 15) is 14.7 Å². The van der Waals surface area contributed by atoms with E-state index in [0.717, 1.165) is 11.1 Å². The fourth-order valence-electron chi connectivity index (χ4n) is 4.45. The summed E-state index contributed by atoms with van der Waals surface area (Å²) in [6, 6.07) is 18.1. The normalized spacial score (nSPS) is 24.2. The molecule has 7 nitrogen and oxygen atoms in total. The third kappa shape index (κ3) is 6.41. The number of hydrogen-bond acceptors (Lipinski definition) is 6. The summed E-state index contributed by atoms with van der Waals surface area (Å²) in [5.41, 5.74) is 0.432. The summed E-state index contributed by atoms with van der Waals surface area (Å²) in [5.74, 6) is -1.60. The van der Waals surface area contributed by atoms with Crippen LogP contribution in [0.15, 0.2) is 60.7 Å². The zero-order valence-corrected chi connectivity index (χ0v) is 19.5. The molecule has 2 aromatic rings. The van der Waals surface area contributed by atoms with Crippen LogP contribution in [0.3, 0.4) is 0 Å². The van der Waals surface area contributed by atoms with E-state index in [1.54, 1.807) is 13.8 Å². The number of aliphatic carboxylic acids is 1. The number of piperidine rings is 1. The number of benzene rings is 2. The van der Waals surface area contributed by atoms with Crippen molar-refractivity contribution in [2.24, 2.45) is 5.41 Å². The standard InChI is InChI=1S/C26H33NO6/c1-4-31-19(2)33-22-15-26(3,25(29)30)23(24(28)32-18-21-13-9-6-10-14-21)27(17-22)16-20-11-7-5-8-12-20/h5-14,19,22-23H,4,15-18H2,1-3H3,(H,29,30)/t19?,22-,23-,26+/m1/s1. The van der Waals surface area contributed by atoms with Gasteiger partial charge in [0.25, 0.3) is 0 Å². The van der Waals surface area contributed by atoms with Gasteiger partial charge >= 0.3 is 11.9 Å². The van der Waals surface area contributed by atoms with E-state index < -0.39 is 35.8 Å². The van der Waals surface area contributed by atoms with E-state index in [1.807, 2.05) is 72.5 Å². The first-order valence-corrected chi connectivity index (χ1v) is 11.3. The van der Waals surface area contributed by atoms with E-state index in [-0.39, 0.29) is 13.0 Å². The van der Waals surface area contributed by atoms with Crippen LogP contribution in [0.2, 0.25) is 0 Å². The Labute approximate surface area is 195 Å². The Balaban J connectivity index is 1.87. The maximum atomic E-state index is 13.3. The van der Waals surface area contributed by atoms with E-state index >= 15 is 0 Å². The van der Waals surface area contributed by atoms with E-state index in [2.05, 4.69) is 0 Å². The minimum absolute atomic E-state index is 0.0896. The minimum Gasteiger partial charge on any atom is -0.481 e. The predicted molar refractivity (Wildman–Crippen MR) is 123 cm³/mol. The Hall–Kier alpha value is -2.74. The summed E-state index contributed by atoms with van der Waals surface area (Å²) in [5, 5.41) is 10.2. The average Bonchev–Trinajstić information content (AvgIpc) is 2.79. The molecule has 33 heavy (non-hydrogen) atoms. The van der Waals surface area contributed by atoms with Gasteiger partial charge in [0.1, 0.15) is 12.6 Å². The molecule has 1 fully saturated rings. The number of likely N-dealkylation sites (tertiary alicyclic amines) is 1. The molecule has 0 bridgehead atoms. The second kappa shape index (κ2) is 11.4. The van der Waals surface area contributed by atoms with Gasteiger partial charge in [0.05, 0.1) is 11.5 Å². The van der Waals surface area contributed by atoms with Gasteiger partial charge in [-0.15, -0.1) is 0 Å². The molecule has 0 radical (unpaired) electrons. The summed E-state index contributed by atoms with van der Waals surface area (Å²) in [7, 11) is 0. The molecule has 1 saturated heterocycles. The van der Waals surface area contributed by atoms with Crippen LogP contribution in [0.1, 0.15) is 38.3 Å². The smallest absolute Gasteiger partial charge is 0.324 e. The lowest BCUT2D eigenvalue weighted by molar-refractivity contribution is -0.203. The van der Waals surface area contributed by atoms with Gasteiger partial charge in [-0.25, -0.2) is 0 Å². The third-order valence-electron chi connectivity index (χ3n) is 6.01. The molecule has 0 saturated carbocycles. The Morgan fingerprint density at radius 3 is 2.27 bits per heavy atom. The molecule has 1 heterocycles. The first kappa shape index (κ1) is 24.9. The van der Waals surface area contributed by atoms with Crippen molar-refractivity contribution in [2.45, 2.75) is 58.8 Å². The maximum Gasteiger partial charge on any atom is 0.324 e. The third-order valence-corrected chi connectivity index (χ3v) is 6.01. The van der Waals surface area contributed by atoms with Crippen LogP contribution < -0.4 is 0 Å². The van der Waals surface area contributed by atoms with Gasteiger partial charge in [-0.2, -0.15) is 0 Å². The van der Waals surface area contributed by atoms with Gasteiger partial charge < -0.3 is 19.3 Å². The number of ether oxygens (including phenoxy) is 3. The highest BCUT2D eigenvalue weighted by atomic mass is 16.7. The lowest BCUT2D eigenvalue weighted by atomic mass is 9.73. The number of carbonyl (C=O) groups excluding carboxylic acids is 1. The molecule has 0 aliphatic carbocycles. The number of rotatable bonds is 10. The maximum absolute atomic E-state index is 13.3. The van der Waals surface area contributed by atoms with Crippen LogP contribution >= 0.6 is 0 Å². The molecule has 0 spiro atoms. The Morgan fingerprint density at radius 1 is 1.09 bits per heavy atom. The molecule has 1 aliphatic heterocycles. The zero-order valence-electron chi connectivity index (χ0n) is 19.5. The highest BCUT2D eigenvalue weighted by molar-refractivity contribution is 5.87. The molecule has 3 rings (SSSR count). The number of esters is 1. The van der Waals surface area contributed by atoms with Crippen molar-refractivity contribution < 1.29 is 28.9 Å². The van der Waals surface area contributed by atoms with Crippen LogP contribution in [-0.2, 0) is 37.0 Å². The van der Waals surface area contributed by atoms with Gasteiger partial charge in [0.2, 0.25) is 0 Å². The number of carboxylic acid groups (broad SMARTS) is 1. The van der Waals surface area contributed by atoms with Crippen molar-refractivity contribution in [2.75, 3.05) is 13.2 Å². The average molecular weight is 456 g/mol. The van der Waals surface area contributed by atoms with Gasteiger partial charge in [0.15, 0.2) is 6.29 Å². The first-order valence-electron chi connectivity index (χ1n) is 11.3. The van der Waals surface area contributed by atoms with E-state index in [1.165, 1.54) is 0 Å². The van der Waals surface area contributed by atoms with Gasteiger partial charge in [-0.1, -0.05) is 60.7 Å². The summed E-state index contributed by atoms with van der Waals surface area (Å²) in [6.45, 7) is 6.64. The molecule has 4 atom stereocenters. The Morgan fingerprint density at radius 2 is 1.70 bits per heavy atom. The molecule has 0 aromatic heterocycles. The highest BCUT2D eigenvalue weighted by Gasteiger charge is 2.54. The number of nitrogens with zero attached hydrogens (tertiary/aromatic N) is 1. The fraction of sp³-hybridized carbons (Fsp3) is 0.462. The quantitative estimate of drug-likeness (QED) is 0.430. The lowest BCUT2D eigenvalue weighted by Crippen LogP contribution is -2.62. The summed E-state index contributed by atoms with van der Waals surface area (Å²) >= 11 is 0. The molecule has 7 heteroatoms. The summed E-state index contributed by atoms with van der Waals surface area (Å²) < 4.78 is 17.2. The van der Waals surface area contributed by atoms with E-state index in [4.69, 9.17) is 14.2 Å². The number of hydrogen-bond donors (Lipinski definition) is 1. The van der Waals surface area contributed by atoms with E-state index in [0.29, 0.717) is 19.7 Å². The number of carboxylic acids is 1. The molecule has 2 aromatic carbocycles. The Kier molecular flexibility index (Phi) is 8.61. The fourth-order valence-corrected chi connectivity index (χ4v) is 4.45. The van der Waals surface area contributed by atoms with Gasteiger partial charge in [-0.3, -0.25) is 14.5 Å². The van der Waals surface area contributed by atoms with Crippen LogP contribution in [0.25, 0.3) is 0 Å². The van der Waals surface area contributed by atoms with Crippen molar-refractivity contribution >= 4 is 11.9 Å². The molecular formula is C26H33NO6. The topological polar surface area (TPSA) is 85.3 Å².